The summed E-state index contributed by atoms with van der Waals surface area (Å²) in [5.41, 5.74) is 7.04. The number of benzene rings is 2. The van der Waals surface area contributed by atoms with E-state index in [9.17, 15) is 4.79 Å². The van der Waals surface area contributed by atoms with E-state index in [4.69, 9.17) is 0 Å². The average Bonchev–Trinajstić information content (AvgIpc) is 2.56. The van der Waals surface area contributed by atoms with E-state index in [1.54, 1.807) is 0 Å². The molecule has 0 heterocycles. The summed E-state index contributed by atoms with van der Waals surface area (Å²) >= 11 is 0. The Kier molecular flexibility index (Phi) is 4.51. The van der Waals surface area contributed by atoms with Crippen LogP contribution in [-0.2, 0) is 12.8 Å². The molecule has 0 spiro atoms. The quantitative estimate of drug-likeness (QED) is 0.877. The van der Waals surface area contributed by atoms with Crippen LogP contribution in [0.25, 0.3) is 0 Å². The molecule has 120 valence electrons. The molecular weight excluding hydrogens is 282 g/mol. The molecule has 1 N–H and O–H groups in total. The topological polar surface area (TPSA) is 29.1 Å². The number of hydrogen-bond acceptors (Lipinski definition) is 1. The molecule has 0 aliphatic heterocycles. The second-order valence-corrected chi connectivity index (χ2v) is 6.75. The fraction of sp³-hybridized carbons (Fsp3) is 0.381. The van der Waals surface area contributed by atoms with Crippen LogP contribution < -0.4 is 5.32 Å². The first kappa shape index (κ1) is 15.8. The Morgan fingerprint density at radius 1 is 1.00 bits per heavy atom. The van der Waals surface area contributed by atoms with Gasteiger partial charge in [0.05, 0.1) is 6.04 Å². The third-order valence-electron chi connectivity index (χ3n) is 4.86. The summed E-state index contributed by atoms with van der Waals surface area (Å²) in [5, 5.41) is 3.15. The predicted octanol–water partition coefficient (Wildman–Crippen LogP) is 4.67. The zero-order valence-electron chi connectivity index (χ0n) is 14.3. The SMILES string of the molecule is Cc1ccc(C)c(C(=O)N[C@H](C)c2ccc3c(c2)CCCC3)c1. The van der Waals surface area contributed by atoms with Crippen molar-refractivity contribution >= 4 is 5.91 Å². The molecule has 23 heavy (non-hydrogen) atoms. The predicted molar refractivity (Wildman–Crippen MR) is 94.9 cm³/mol. The third-order valence-corrected chi connectivity index (χ3v) is 4.86. The van der Waals surface area contributed by atoms with Crippen molar-refractivity contribution in [2.45, 2.75) is 52.5 Å². The molecule has 0 saturated carbocycles. The van der Waals surface area contributed by atoms with Gasteiger partial charge in [0.2, 0.25) is 0 Å². The highest BCUT2D eigenvalue weighted by Gasteiger charge is 2.16. The highest BCUT2D eigenvalue weighted by Crippen LogP contribution is 2.25. The van der Waals surface area contributed by atoms with E-state index in [0.717, 1.165) is 16.7 Å². The van der Waals surface area contributed by atoms with E-state index in [2.05, 4.69) is 30.4 Å². The van der Waals surface area contributed by atoms with Crippen molar-refractivity contribution in [1.82, 2.24) is 5.32 Å². The molecule has 0 radical (unpaired) electrons. The highest BCUT2D eigenvalue weighted by atomic mass is 16.1. The Labute approximate surface area is 138 Å². The zero-order chi connectivity index (χ0) is 16.4. The summed E-state index contributed by atoms with van der Waals surface area (Å²) < 4.78 is 0. The van der Waals surface area contributed by atoms with Gasteiger partial charge in [-0.2, -0.15) is 0 Å². The van der Waals surface area contributed by atoms with Crippen molar-refractivity contribution in [2.75, 3.05) is 0 Å². The largest absolute Gasteiger partial charge is 0.346 e. The van der Waals surface area contributed by atoms with Crippen molar-refractivity contribution in [2.24, 2.45) is 0 Å². The number of aryl methyl sites for hydroxylation is 4. The molecule has 0 saturated heterocycles. The first-order valence-corrected chi connectivity index (χ1v) is 8.54. The molecule has 0 bridgehead atoms. The van der Waals surface area contributed by atoms with Crippen molar-refractivity contribution in [1.29, 1.82) is 0 Å². The number of fused-ring (bicyclic) bond motifs is 1. The van der Waals surface area contributed by atoms with Crippen molar-refractivity contribution < 1.29 is 4.79 Å². The standard InChI is InChI=1S/C21H25NO/c1-14-8-9-15(2)20(12-14)21(23)22-16(3)18-11-10-17-6-4-5-7-19(17)13-18/h8-13,16H,4-7H2,1-3H3,(H,22,23)/t16-/m1/s1. The summed E-state index contributed by atoms with van der Waals surface area (Å²) in [4.78, 5) is 12.6. The summed E-state index contributed by atoms with van der Waals surface area (Å²) in [5.74, 6) is 0.0106. The second kappa shape index (κ2) is 6.57. The second-order valence-electron chi connectivity index (χ2n) is 6.75. The Hall–Kier alpha value is -2.09. The van der Waals surface area contributed by atoms with E-state index in [-0.39, 0.29) is 11.9 Å². The number of amides is 1. The van der Waals surface area contributed by atoms with Gasteiger partial charge in [-0.15, -0.1) is 0 Å². The molecule has 3 rings (SSSR count). The normalized spacial score (nSPS) is 14.9. The van der Waals surface area contributed by atoms with E-state index in [0.29, 0.717) is 0 Å². The smallest absolute Gasteiger partial charge is 0.252 e. The first-order chi connectivity index (χ1) is 11.0. The Morgan fingerprint density at radius 2 is 1.74 bits per heavy atom. The number of nitrogens with one attached hydrogen (secondary N) is 1. The maximum atomic E-state index is 12.6. The molecule has 2 heteroatoms. The first-order valence-electron chi connectivity index (χ1n) is 8.54. The van der Waals surface area contributed by atoms with Gasteiger partial charge in [0.25, 0.3) is 5.91 Å². The Bertz CT molecular complexity index is 733. The molecular formula is C21H25NO. The van der Waals surface area contributed by atoms with Crippen LogP contribution in [0.3, 0.4) is 0 Å². The Morgan fingerprint density at radius 3 is 2.52 bits per heavy atom. The number of hydrogen-bond donors (Lipinski definition) is 1. The van der Waals surface area contributed by atoms with E-state index < -0.39 is 0 Å². The maximum Gasteiger partial charge on any atom is 0.252 e. The molecule has 0 unspecified atom stereocenters. The lowest BCUT2D eigenvalue weighted by molar-refractivity contribution is 0.0939. The lowest BCUT2D eigenvalue weighted by Gasteiger charge is -2.20. The molecule has 0 aromatic heterocycles. The van der Waals surface area contributed by atoms with Crippen LogP contribution >= 0.6 is 0 Å². The van der Waals surface area contributed by atoms with Crippen LogP contribution in [0.5, 0.6) is 0 Å². The Balaban J connectivity index is 1.77. The van der Waals surface area contributed by atoms with Crippen LogP contribution in [-0.4, -0.2) is 5.91 Å². The molecule has 2 aromatic rings. The van der Waals surface area contributed by atoms with Crippen LogP contribution in [0, 0.1) is 13.8 Å². The van der Waals surface area contributed by atoms with Crippen LogP contribution in [0.1, 0.15) is 64.0 Å². The van der Waals surface area contributed by atoms with E-state index in [1.807, 2.05) is 32.0 Å². The lowest BCUT2D eigenvalue weighted by atomic mass is 9.89. The third kappa shape index (κ3) is 3.47. The van der Waals surface area contributed by atoms with Crippen LogP contribution in [0.15, 0.2) is 36.4 Å². The van der Waals surface area contributed by atoms with Gasteiger partial charge in [0.1, 0.15) is 0 Å². The van der Waals surface area contributed by atoms with E-state index >= 15 is 0 Å². The number of carbonyl (C=O) groups is 1. The zero-order valence-corrected chi connectivity index (χ0v) is 14.3. The summed E-state index contributed by atoms with van der Waals surface area (Å²) in [7, 11) is 0. The van der Waals surface area contributed by atoms with Crippen LogP contribution in [0.4, 0.5) is 0 Å². The maximum absolute atomic E-state index is 12.6. The molecule has 1 amide bonds. The summed E-state index contributed by atoms with van der Waals surface area (Å²) in [6.07, 6.45) is 4.94. The monoisotopic (exact) mass is 307 g/mol. The van der Waals surface area contributed by atoms with Gasteiger partial charge in [-0.05, 0) is 74.8 Å². The lowest BCUT2D eigenvalue weighted by Crippen LogP contribution is -2.27. The summed E-state index contributed by atoms with van der Waals surface area (Å²) in [6.45, 7) is 6.06. The number of rotatable bonds is 3. The fourth-order valence-corrected chi connectivity index (χ4v) is 3.36. The molecule has 0 fully saturated rings. The van der Waals surface area contributed by atoms with Crippen molar-refractivity contribution in [3.8, 4) is 0 Å². The van der Waals surface area contributed by atoms with Gasteiger partial charge in [-0.25, -0.2) is 0 Å². The fourth-order valence-electron chi connectivity index (χ4n) is 3.36. The minimum absolute atomic E-state index is 0.0106. The summed E-state index contributed by atoms with van der Waals surface area (Å²) in [6, 6.07) is 12.7. The van der Waals surface area contributed by atoms with Gasteiger partial charge < -0.3 is 5.32 Å². The number of carbonyl (C=O) groups excluding carboxylic acids is 1. The minimum Gasteiger partial charge on any atom is -0.346 e. The van der Waals surface area contributed by atoms with Crippen LogP contribution in [0.2, 0.25) is 0 Å². The molecule has 2 nitrogen and oxygen atoms in total. The molecule has 1 aliphatic carbocycles. The van der Waals surface area contributed by atoms with Crippen molar-refractivity contribution in [3.63, 3.8) is 0 Å². The molecule has 2 aromatic carbocycles. The van der Waals surface area contributed by atoms with Gasteiger partial charge in [-0.3, -0.25) is 4.79 Å². The van der Waals surface area contributed by atoms with Gasteiger partial charge >= 0.3 is 0 Å². The molecule has 1 atom stereocenters. The molecule has 1 aliphatic rings. The van der Waals surface area contributed by atoms with Crippen molar-refractivity contribution in [3.05, 3.63) is 69.8 Å². The average molecular weight is 307 g/mol. The van der Waals surface area contributed by atoms with E-state index in [1.165, 1.54) is 42.4 Å². The van der Waals surface area contributed by atoms with Gasteiger partial charge in [0, 0.05) is 5.56 Å². The van der Waals surface area contributed by atoms with Gasteiger partial charge in [-0.1, -0.05) is 35.9 Å². The minimum atomic E-state index is 0.0106. The van der Waals surface area contributed by atoms with Gasteiger partial charge in [0.15, 0.2) is 0 Å². The highest BCUT2D eigenvalue weighted by molar-refractivity contribution is 5.96.